The molecule has 2 aliphatic rings. The van der Waals surface area contributed by atoms with E-state index in [1.165, 1.54) is 0 Å². The van der Waals surface area contributed by atoms with Crippen LogP contribution in [0.2, 0.25) is 10.0 Å². The first-order valence-corrected chi connectivity index (χ1v) is 8.92. The quantitative estimate of drug-likeness (QED) is 0.852. The molecule has 2 saturated heterocycles. The van der Waals surface area contributed by atoms with Gasteiger partial charge in [-0.25, -0.2) is 0 Å². The topological polar surface area (TPSA) is 41.6 Å². The largest absolute Gasteiger partial charge is 0.479 e. The molecule has 2 aliphatic heterocycles. The molecule has 1 aromatic rings. The lowest BCUT2D eigenvalue weighted by atomic mass is 9.92. The summed E-state index contributed by atoms with van der Waals surface area (Å²) in [6.45, 7) is 5.54. The third kappa shape index (κ3) is 4.29. The molecule has 1 unspecified atom stereocenters. The van der Waals surface area contributed by atoms with Crippen molar-refractivity contribution in [1.29, 1.82) is 0 Å². The summed E-state index contributed by atoms with van der Waals surface area (Å²) in [6.07, 6.45) is 1.56. The molecule has 0 spiro atoms. The number of carbonyl (C=O) groups is 1. The maximum atomic E-state index is 12.7. The number of benzene rings is 1. The second-order valence-corrected chi connectivity index (χ2v) is 7.18. The average molecular weight is 394 g/mol. The molecule has 2 fully saturated rings. The SMILES string of the molecule is CC(Oc1cccc(Cl)c1Cl)C(=O)N1CC[C@@H]2CNC[C@@H]2CC1.Cl. The molecule has 7 heteroatoms. The van der Waals surface area contributed by atoms with Crippen molar-refractivity contribution >= 4 is 41.5 Å². The highest BCUT2D eigenvalue weighted by Gasteiger charge is 2.33. The van der Waals surface area contributed by atoms with Crippen molar-refractivity contribution in [2.45, 2.75) is 25.9 Å². The highest BCUT2D eigenvalue weighted by molar-refractivity contribution is 6.42. The maximum absolute atomic E-state index is 12.7. The molecular weight excluding hydrogens is 371 g/mol. The minimum atomic E-state index is -0.568. The van der Waals surface area contributed by atoms with Gasteiger partial charge in [0.2, 0.25) is 0 Å². The van der Waals surface area contributed by atoms with Crippen molar-refractivity contribution < 1.29 is 9.53 Å². The summed E-state index contributed by atoms with van der Waals surface area (Å²) in [5.74, 6) is 1.88. The minimum Gasteiger partial charge on any atom is -0.479 e. The first kappa shape index (κ1) is 19.6. The second kappa shape index (κ2) is 8.61. The Morgan fingerprint density at radius 2 is 1.88 bits per heavy atom. The number of fused-ring (bicyclic) bond motifs is 1. The van der Waals surface area contributed by atoms with E-state index in [9.17, 15) is 4.79 Å². The summed E-state index contributed by atoms with van der Waals surface area (Å²) >= 11 is 12.1. The summed E-state index contributed by atoms with van der Waals surface area (Å²) in [6, 6.07) is 5.20. The van der Waals surface area contributed by atoms with E-state index in [0.29, 0.717) is 27.6 Å². The Morgan fingerprint density at radius 1 is 1.25 bits per heavy atom. The lowest BCUT2D eigenvalue weighted by molar-refractivity contribution is -0.137. The predicted octanol–water partition coefficient (Wildman–Crippen LogP) is 3.64. The van der Waals surface area contributed by atoms with Crippen molar-refractivity contribution in [3.63, 3.8) is 0 Å². The predicted molar refractivity (Wildman–Crippen MR) is 99.5 cm³/mol. The fourth-order valence-corrected chi connectivity index (χ4v) is 3.85. The molecule has 1 aromatic carbocycles. The number of halogens is 3. The molecule has 2 heterocycles. The summed E-state index contributed by atoms with van der Waals surface area (Å²) in [4.78, 5) is 14.6. The van der Waals surface area contributed by atoms with Gasteiger partial charge in [0.1, 0.15) is 10.8 Å². The molecule has 0 bridgehead atoms. The van der Waals surface area contributed by atoms with Gasteiger partial charge in [0.25, 0.3) is 5.91 Å². The number of nitrogens with one attached hydrogen (secondary N) is 1. The fourth-order valence-electron chi connectivity index (χ4n) is 3.51. The molecular formula is C17H23Cl3N2O2. The third-order valence-corrected chi connectivity index (χ3v) is 5.70. The minimum absolute atomic E-state index is 0. The van der Waals surface area contributed by atoms with E-state index in [1.54, 1.807) is 25.1 Å². The zero-order chi connectivity index (χ0) is 16.4. The lowest BCUT2D eigenvalue weighted by Gasteiger charge is -2.25. The van der Waals surface area contributed by atoms with E-state index in [1.807, 2.05) is 4.90 Å². The van der Waals surface area contributed by atoms with Gasteiger partial charge in [-0.05, 0) is 56.8 Å². The molecule has 0 saturated carbocycles. The van der Waals surface area contributed by atoms with Crippen LogP contribution >= 0.6 is 35.6 Å². The van der Waals surface area contributed by atoms with E-state index in [-0.39, 0.29) is 18.3 Å². The molecule has 1 amide bonds. The monoisotopic (exact) mass is 392 g/mol. The van der Waals surface area contributed by atoms with Crippen LogP contribution in [0.3, 0.4) is 0 Å². The highest BCUT2D eigenvalue weighted by Crippen LogP contribution is 2.32. The van der Waals surface area contributed by atoms with Crippen molar-refractivity contribution in [3.05, 3.63) is 28.2 Å². The number of hydrogen-bond donors (Lipinski definition) is 1. The van der Waals surface area contributed by atoms with E-state index in [0.717, 1.165) is 39.0 Å². The molecule has 0 radical (unpaired) electrons. The normalized spacial score (nSPS) is 24.5. The number of carbonyl (C=O) groups excluding carboxylic acids is 1. The van der Waals surface area contributed by atoms with Gasteiger partial charge in [-0.3, -0.25) is 4.79 Å². The van der Waals surface area contributed by atoms with Crippen molar-refractivity contribution in [2.24, 2.45) is 11.8 Å². The Bertz CT molecular complexity index is 571. The van der Waals surface area contributed by atoms with Crippen LogP contribution < -0.4 is 10.1 Å². The fraction of sp³-hybridized carbons (Fsp3) is 0.588. The van der Waals surface area contributed by atoms with Gasteiger partial charge in [-0.15, -0.1) is 12.4 Å². The van der Waals surface area contributed by atoms with Crippen molar-refractivity contribution in [2.75, 3.05) is 26.2 Å². The summed E-state index contributed by atoms with van der Waals surface area (Å²) in [7, 11) is 0. The number of rotatable bonds is 3. The first-order valence-electron chi connectivity index (χ1n) is 8.16. The van der Waals surface area contributed by atoms with Gasteiger partial charge in [-0.2, -0.15) is 0 Å². The van der Waals surface area contributed by atoms with Crippen LogP contribution in [0.4, 0.5) is 0 Å². The highest BCUT2D eigenvalue weighted by atomic mass is 35.5. The maximum Gasteiger partial charge on any atom is 0.263 e. The van der Waals surface area contributed by atoms with Gasteiger partial charge in [0, 0.05) is 13.1 Å². The standard InChI is InChI=1S/C17H22Cl2N2O2.ClH/c1-11(23-15-4-2-3-14(18)16(15)19)17(22)21-7-5-12-9-20-10-13(12)6-8-21;/h2-4,11-13,20H,5-10H2,1H3;1H/t11?,12-,13+;. The molecule has 4 nitrogen and oxygen atoms in total. The number of likely N-dealkylation sites (tertiary alicyclic amines) is 1. The van der Waals surface area contributed by atoms with Crippen molar-refractivity contribution in [3.8, 4) is 5.75 Å². The number of ether oxygens (including phenoxy) is 1. The van der Waals surface area contributed by atoms with Crippen LogP contribution in [0.25, 0.3) is 0 Å². The van der Waals surface area contributed by atoms with Gasteiger partial charge in [0.05, 0.1) is 5.02 Å². The third-order valence-electron chi connectivity index (χ3n) is 4.90. The van der Waals surface area contributed by atoms with E-state index >= 15 is 0 Å². The van der Waals surface area contributed by atoms with Crippen molar-refractivity contribution in [1.82, 2.24) is 10.2 Å². The Kier molecular flexibility index (Phi) is 7.05. The van der Waals surface area contributed by atoms with E-state index in [2.05, 4.69) is 5.32 Å². The molecule has 3 rings (SSSR count). The molecule has 134 valence electrons. The van der Waals surface area contributed by atoms with Crippen LogP contribution in [-0.2, 0) is 4.79 Å². The summed E-state index contributed by atoms with van der Waals surface area (Å²) < 4.78 is 5.76. The van der Waals surface area contributed by atoms with E-state index in [4.69, 9.17) is 27.9 Å². The van der Waals surface area contributed by atoms with Gasteiger partial charge in [-0.1, -0.05) is 29.3 Å². The number of amides is 1. The number of hydrogen-bond acceptors (Lipinski definition) is 3. The van der Waals surface area contributed by atoms with Gasteiger partial charge >= 0.3 is 0 Å². The zero-order valence-electron chi connectivity index (χ0n) is 13.6. The molecule has 3 atom stereocenters. The summed E-state index contributed by atoms with van der Waals surface area (Å²) in [5.41, 5.74) is 0. The zero-order valence-corrected chi connectivity index (χ0v) is 16.0. The second-order valence-electron chi connectivity index (χ2n) is 6.39. The Labute approximate surface area is 159 Å². The average Bonchev–Trinajstić information content (AvgIpc) is 2.90. The van der Waals surface area contributed by atoms with Crippen LogP contribution in [-0.4, -0.2) is 43.1 Å². The van der Waals surface area contributed by atoms with E-state index < -0.39 is 6.10 Å². The van der Waals surface area contributed by atoms with Gasteiger partial charge < -0.3 is 15.0 Å². The van der Waals surface area contributed by atoms with Crippen LogP contribution in [0.1, 0.15) is 19.8 Å². The van der Waals surface area contributed by atoms with Gasteiger partial charge in [0.15, 0.2) is 6.10 Å². The Balaban J connectivity index is 0.00000208. The first-order chi connectivity index (χ1) is 11.1. The van der Waals surface area contributed by atoms with Crippen LogP contribution in [0.15, 0.2) is 18.2 Å². The molecule has 0 aliphatic carbocycles. The Morgan fingerprint density at radius 3 is 2.50 bits per heavy atom. The lowest BCUT2D eigenvalue weighted by Crippen LogP contribution is -2.41. The van der Waals surface area contributed by atoms with Crippen LogP contribution in [0.5, 0.6) is 5.75 Å². The number of nitrogens with zero attached hydrogens (tertiary/aromatic N) is 1. The smallest absolute Gasteiger partial charge is 0.263 e. The summed E-state index contributed by atoms with van der Waals surface area (Å²) in [5, 5.41) is 4.23. The van der Waals surface area contributed by atoms with Crippen LogP contribution in [0, 0.1) is 11.8 Å². The molecule has 0 aromatic heterocycles. The molecule has 1 N–H and O–H groups in total. The Hall–Kier alpha value is -0.680. The molecule has 24 heavy (non-hydrogen) atoms.